The smallest absolute Gasteiger partial charge is 0.342 e. The summed E-state index contributed by atoms with van der Waals surface area (Å²) in [5.74, 6) is -3.04. The molecule has 0 fully saturated rings. The van der Waals surface area contributed by atoms with Crippen LogP contribution >= 0.6 is 55.1 Å². The Balaban J connectivity index is 0.000000375. The van der Waals surface area contributed by atoms with Crippen LogP contribution in [0.5, 0.6) is 0 Å². The van der Waals surface area contributed by atoms with Crippen LogP contribution in [0.1, 0.15) is 24.5 Å². The molecule has 4 atom stereocenters. The summed E-state index contributed by atoms with van der Waals surface area (Å²) in [7, 11) is 0. The maximum atomic E-state index is 11.8. The number of rotatable bonds is 11. The standard InChI is InChI=1S/C13H15BrClNO4.C11H13BrClNO3/c1-2-20-13(19)12(18)11(17)10(16)5-7-3-4-8(14)6-9(7)15;12-7-2-1-6(9(13)4-7)3-8(14)5-10(15)11(16)17/h3-4,6,10,12,18H,2,5,16H2,1H3;1-2,4,8,10,15H,3,5,14H2,(H,16,17)/t10-,12-;8-,10-/m11/s1. The number of carboxylic acids is 1. The Morgan fingerprint density at radius 2 is 1.43 bits per heavy atom. The van der Waals surface area contributed by atoms with Gasteiger partial charge in [0, 0.05) is 25.0 Å². The minimum Gasteiger partial charge on any atom is -0.479 e. The van der Waals surface area contributed by atoms with E-state index in [1.54, 1.807) is 31.2 Å². The summed E-state index contributed by atoms with van der Waals surface area (Å²) in [6.45, 7) is 1.66. The summed E-state index contributed by atoms with van der Waals surface area (Å²) in [5.41, 5.74) is 13.0. The molecule has 0 aliphatic heterocycles. The fraction of sp³-hybridized carbons (Fsp3) is 0.375. The van der Waals surface area contributed by atoms with Crippen LogP contribution in [0.25, 0.3) is 0 Å². The molecule has 0 spiro atoms. The lowest BCUT2D eigenvalue weighted by atomic mass is 10.00. The Kier molecular flexibility index (Phi) is 14.8. The van der Waals surface area contributed by atoms with E-state index in [1.807, 2.05) is 12.1 Å². The van der Waals surface area contributed by atoms with Crippen LogP contribution < -0.4 is 11.5 Å². The van der Waals surface area contributed by atoms with Crippen molar-refractivity contribution in [3.05, 3.63) is 66.5 Å². The normalized spacial score (nSPS) is 14.0. The lowest BCUT2D eigenvalue weighted by Crippen LogP contribution is -2.44. The number of benzene rings is 2. The zero-order valence-electron chi connectivity index (χ0n) is 19.7. The molecule has 7 N–H and O–H groups in total. The van der Waals surface area contributed by atoms with E-state index in [-0.39, 0.29) is 19.4 Å². The van der Waals surface area contributed by atoms with Crippen LogP contribution in [0, 0.1) is 0 Å². The van der Waals surface area contributed by atoms with E-state index in [0.717, 1.165) is 14.5 Å². The first-order valence-corrected chi connectivity index (χ1v) is 13.3. The highest BCUT2D eigenvalue weighted by atomic mass is 79.9. The molecule has 0 bridgehead atoms. The number of carbonyl (C=O) groups is 3. The summed E-state index contributed by atoms with van der Waals surface area (Å²) < 4.78 is 6.24. The monoisotopic (exact) mass is 684 g/mol. The second kappa shape index (κ2) is 16.4. The molecular formula is C24H28Br2Cl2N2O7. The summed E-state index contributed by atoms with van der Waals surface area (Å²) in [6, 6.07) is 9.08. The lowest BCUT2D eigenvalue weighted by molar-refractivity contribution is -0.157. The number of aliphatic hydroxyl groups is 2. The number of carboxylic acid groups (broad SMARTS) is 1. The fourth-order valence-electron chi connectivity index (χ4n) is 3.01. The predicted molar refractivity (Wildman–Crippen MR) is 148 cm³/mol. The van der Waals surface area contributed by atoms with Crippen LogP contribution in [-0.4, -0.2) is 63.9 Å². The Labute approximate surface area is 241 Å². The second-order valence-corrected chi connectivity index (χ2v) is 10.5. The van der Waals surface area contributed by atoms with Gasteiger partial charge in [-0.25, -0.2) is 9.59 Å². The molecular weight excluding hydrogens is 659 g/mol. The molecule has 9 nitrogen and oxygen atoms in total. The first kappa shape index (κ1) is 33.5. The van der Waals surface area contributed by atoms with Gasteiger partial charge in [0.2, 0.25) is 6.10 Å². The van der Waals surface area contributed by atoms with Crippen molar-refractivity contribution in [3.63, 3.8) is 0 Å². The van der Waals surface area contributed by atoms with Gasteiger partial charge in [-0.15, -0.1) is 0 Å². The number of aliphatic carboxylic acids is 1. The third-order valence-electron chi connectivity index (χ3n) is 4.91. The van der Waals surface area contributed by atoms with Gasteiger partial charge in [0.15, 0.2) is 11.9 Å². The molecule has 2 aromatic carbocycles. The zero-order chi connectivity index (χ0) is 28.3. The van der Waals surface area contributed by atoms with Gasteiger partial charge >= 0.3 is 11.9 Å². The largest absolute Gasteiger partial charge is 0.479 e. The number of nitrogens with two attached hydrogens (primary N) is 2. The molecule has 0 saturated carbocycles. The van der Waals surface area contributed by atoms with Crippen molar-refractivity contribution in [2.75, 3.05) is 6.61 Å². The van der Waals surface area contributed by atoms with Gasteiger partial charge in [-0.3, -0.25) is 4.79 Å². The molecule has 0 amide bonds. The Hall–Kier alpha value is -1.57. The first-order chi connectivity index (χ1) is 17.3. The summed E-state index contributed by atoms with van der Waals surface area (Å²) in [5, 5.41) is 28.3. The van der Waals surface area contributed by atoms with Gasteiger partial charge in [-0.1, -0.05) is 67.2 Å². The molecule has 0 unspecified atom stereocenters. The number of ketones is 1. The molecule has 0 aliphatic rings. The quantitative estimate of drug-likeness (QED) is 0.176. The van der Waals surface area contributed by atoms with Gasteiger partial charge in [-0.05, 0) is 61.6 Å². The number of halogens is 4. The van der Waals surface area contributed by atoms with Crippen LogP contribution in [0.2, 0.25) is 10.0 Å². The maximum Gasteiger partial charge on any atom is 0.342 e. The fourth-order valence-corrected chi connectivity index (χ4v) is 4.51. The number of ether oxygens (including phenoxy) is 1. The number of hydrogen-bond donors (Lipinski definition) is 5. The highest BCUT2D eigenvalue weighted by Crippen LogP contribution is 2.23. The lowest BCUT2D eigenvalue weighted by Gasteiger charge is -2.15. The Bertz CT molecular complexity index is 1090. The molecule has 2 rings (SSSR count). The van der Waals surface area contributed by atoms with Crippen LogP contribution in [0.4, 0.5) is 0 Å². The third kappa shape index (κ3) is 11.8. The Morgan fingerprint density at radius 3 is 1.86 bits per heavy atom. The van der Waals surface area contributed by atoms with Crippen LogP contribution in [0.3, 0.4) is 0 Å². The van der Waals surface area contributed by atoms with E-state index < -0.39 is 42.0 Å². The minimum absolute atomic E-state index is 0.00171. The van der Waals surface area contributed by atoms with Gasteiger partial charge in [0.05, 0.1) is 12.6 Å². The number of hydrogen-bond acceptors (Lipinski definition) is 8. The van der Waals surface area contributed by atoms with Gasteiger partial charge < -0.3 is 31.5 Å². The number of Topliss-reactive ketones (excluding diaryl/α,β-unsaturated/α-hetero) is 1. The number of aliphatic hydroxyl groups excluding tert-OH is 2. The van der Waals surface area contributed by atoms with E-state index >= 15 is 0 Å². The molecule has 0 saturated heterocycles. The maximum absolute atomic E-state index is 11.8. The molecule has 0 heterocycles. The summed E-state index contributed by atoms with van der Waals surface area (Å²) in [4.78, 5) is 33.5. The zero-order valence-corrected chi connectivity index (χ0v) is 24.4. The van der Waals surface area contributed by atoms with Gasteiger partial charge in [0.25, 0.3) is 0 Å². The van der Waals surface area contributed by atoms with Gasteiger partial charge in [-0.2, -0.15) is 0 Å². The average Bonchev–Trinajstić information content (AvgIpc) is 2.82. The summed E-state index contributed by atoms with van der Waals surface area (Å²) in [6.07, 6.45) is -2.74. The molecule has 2 aromatic rings. The van der Waals surface area contributed by atoms with E-state index in [9.17, 15) is 19.5 Å². The van der Waals surface area contributed by atoms with Crippen molar-refractivity contribution in [1.82, 2.24) is 0 Å². The number of esters is 1. The average molecular weight is 687 g/mol. The summed E-state index contributed by atoms with van der Waals surface area (Å²) >= 11 is 18.6. The van der Waals surface area contributed by atoms with Crippen molar-refractivity contribution in [3.8, 4) is 0 Å². The van der Waals surface area contributed by atoms with E-state index in [0.29, 0.717) is 22.0 Å². The third-order valence-corrected chi connectivity index (χ3v) is 6.60. The molecule has 0 radical (unpaired) electrons. The first-order valence-electron chi connectivity index (χ1n) is 10.9. The van der Waals surface area contributed by atoms with E-state index in [1.165, 1.54) is 0 Å². The highest BCUT2D eigenvalue weighted by molar-refractivity contribution is 9.10. The van der Waals surface area contributed by atoms with Crippen molar-refractivity contribution in [2.45, 2.75) is 50.5 Å². The molecule has 204 valence electrons. The van der Waals surface area contributed by atoms with Crippen LogP contribution in [0.15, 0.2) is 45.3 Å². The van der Waals surface area contributed by atoms with Crippen LogP contribution in [-0.2, 0) is 32.0 Å². The number of carbonyl (C=O) groups excluding carboxylic acids is 2. The van der Waals surface area contributed by atoms with Crippen molar-refractivity contribution in [2.24, 2.45) is 11.5 Å². The van der Waals surface area contributed by atoms with Gasteiger partial charge in [0.1, 0.15) is 0 Å². The molecule has 0 aromatic heterocycles. The van der Waals surface area contributed by atoms with Crippen molar-refractivity contribution in [1.29, 1.82) is 0 Å². The molecule has 37 heavy (non-hydrogen) atoms. The second-order valence-electron chi connectivity index (χ2n) is 7.89. The predicted octanol–water partition coefficient (Wildman–Crippen LogP) is 3.27. The molecule has 13 heteroatoms. The highest BCUT2D eigenvalue weighted by Gasteiger charge is 2.30. The minimum atomic E-state index is -1.86. The van der Waals surface area contributed by atoms with E-state index in [2.05, 4.69) is 36.6 Å². The topological polar surface area (TPSA) is 173 Å². The molecule has 0 aliphatic carbocycles. The Morgan fingerprint density at radius 1 is 0.946 bits per heavy atom. The SMILES string of the molecule is CCOC(=O)[C@H](O)C(=O)[C@H](N)Cc1ccc(Br)cc1Cl.N[C@H](Cc1ccc(Br)cc1Cl)C[C@@H](O)C(=O)O. The van der Waals surface area contributed by atoms with Crippen molar-refractivity contribution < 1.29 is 34.4 Å². The van der Waals surface area contributed by atoms with E-state index in [4.69, 9.17) is 44.9 Å². The van der Waals surface area contributed by atoms with Crippen molar-refractivity contribution >= 4 is 72.8 Å².